The lowest BCUT2D eigenvalue weighted by molar-refractivity contribution is 0.822. The number of rotatable bonds is 5. The lowest BCUT2D eigenvalue weighted by atomic mass is 10.0. The molecular weight excluding hydrogens is 324 g/mol. The molecule has 0 saturated heterocycles. The van der Waals surface area contributed by atoms with Crippen molar-refractivity contribution in [2.45, 2.75) is 18.7 Å². The van der Waals surface area contributed by atoms with Crippen LogP contribution in [0.4, 0.5) is 0 Å². The van der Waals surface area contributed by atoms with Crippen molar-refractivity contribution >= 4 is 16.9 Å². The molecule has 2 nitrogen and oxygen atoms in total. The number of aliphatic imine (C=N–C) groups is 1. The van der Waals surface area contributed by atoms with Crippen molar-refractivity contribution < 1.29 is 0 Å². The monoisotopic (exact) mass is 346 g/mol. The van der Waals surface area contributed by atoms with Gasteiger partial charge in [0, 0.05) is 5.75 Å². The molecule has 0 saturated carbocycles. The molecule has 0 bridgehead atoms. The summed E-state index contributed by atoms with van der Waals surface area (Å²) in [5.41, 5.74) is 11.0. The van der Waals surface area contributed by atoms with Crippen LogP contribution in [0.5, 0.6) is 0 Å². The Bertz CT molecular complexity index is 812. The molecule has 0 unspecified atom stereocenters. The van der Waals surface area contributed by atoms with Crippen LogP contribution < -0.4 is 5.73 Å². The molecule has 0 amide bonds. The fourth-order valence-electron chi connectivity index (χ4n) is 2.62. The number of amidine groups is 1. The highest BCUT2D eigenvalue weighted by atomic mass is 32.2. The Morgan fingerprint density at radius 2 is 1.40 bits per heavy atom. The van der Waals surface area contributed by atoms with Gasteiger partial charge in [-0.05, 0) is 29.2 Å². The summed E-state index contributed by atoms with van der Waals surface area (Å²) >= 11 is 1.58. The molecule has 3 aromatic carbocycles. The van der Waals surface area contributed by atoms with Crippen molar-refractivity contribution in [1.82, 2.24) is 0 Å². The van der Waals surface area contributed by atoms with Gasteiger partial charge in [-0.3, -0.25) is 4.99 Å². The van der Waals surface area contributed by atoms with Gasteiger partial charge in [0.15, 0.2) is 5.17 Å². The van der Waals surface area contributed by atoms with Crippen LogP contribution in [0.3, 0.4) is 0 Å². The third-order valence-corrected chi connectivity index (χ3v) is 4.93. The largest absolute Gasteiger partial charge is 0.379 e. The molecule has 0 heterocycles. The van der Waals surface area contributed by atoms with Crippen LogP contribution in [-0.2, 0) is 5.75 Å². The van der Waals surface area contributed by atoms with Crippen molar-refractivity contribution in [3.8, 4) is 11.1 Å². The molecule has 3 aromatic rings. The van der Waals surface area contributed by atoms with E-state index in [-0.39, 0.29) is 6.04 Å². The second kappa shape index (κ2) is 8.54. The van der Waals surface area contributed by atoms with Crippen molar-refractivity contribution in [3.05, 3.63) is 96.1 Å². The molecule has 2 N–H and O–H groups in total. The molecule has 0 aliphatic rings. The Hall–Kier alpha value is -2.52. The average Bonchev–Trinajstić information content (AvgIpc) is 2.68. The zero-order chi connectivity index (χ0) is 17.5. The van der Waals surface area contributed by atoms with E-state index in [1.165, 1.54) is 22.3 Å². The van der Waals surface area contributed by atoms with E-state index < -0.39 is 0 Å². The molecule has 126 valence electrons. The van der Waals surface area contributed by atoms with Crippen LogP contribution in [0, 0.1) is 0 Å². The van der Waals surface area contributed by atoms with Crippen LogP contribution in [-0.4, -0.2) is 5.17 Å². The second-order valence-corrected chi connectivity index (χ2v) is 6.90. The summed E-state index contributed by atoms with van der Waals surface area (Å²) in [5, 5.41) is 0.628. The Morgan fingerprint density at radius 1 is 0.840 bits per heavy atom. The fourth-order valence-corrected chi connectivity index (χ4v) is 3.36. The highest BCUT2D eigenvalue weighted by Crippen LogP contribution is 2.22. The first kappa shape index (κ1) is 17.3. The maximum Gasteiger partial charge on any atom is 0.154 e. The van der Waals surface area contributed by atoms with Crippen molar-refractivity contribution in [2.75, 3.05) is 0 Å². The number of thioether (sulfide) groups is 1. The molecule has 0 aliphatic heterocycles. The zero-order valence-corrected chi connectivity index (χ0v) is 15.1. The van der Waals surface area contributed by atoms with Crippen LogP contribution >= 0.6 is 11.8 Å². The van der Waals surface area contributed by atoms with Gasteiger partial charge < -0.3 is 5.73 Å². The zero-order valence-electron chi connectivity index (χ0n) is 14.3. The van der Waals surface area contributed by atoms with Gasteiger partial charge >= 0.3 is 0 Å². The summed E-state index contributed by atoms with van der Waals surface area (Å²) in [7, 11) is 0. The van der Waals surface area contributed by atoms with Gasteiger partial charge in [-0.2, -0.15) is 0 Å². The summed E-state index contributed by atoms with van der Waals surface area (Å²) in [5.74, 6) is 0.825. The number of hydrogen-bond donors (Lipinski definition) is 1. The smallest absolute Gasteiger partial charge is 0.154 e. The third-order valence-electron chi connectivity index (χ3n) is 4.05. The second-order valence-electron chi connectivity index (χ2n) is 5.91. The maximum absolute atomic E-state index is 6.09. The van der Waals surface area contributed by atoms with Crippen molar-refractivity contribution in [1.29, 1.82) is 0 Å². The predicted molar refractivity (Wildman–Crippen MR) is 110 cm³/mol. The average molecular weight is 346 g/mol. The summed E-state index contributed by atoms with van der Waals surface area (Å²) in [4.78, 5) is 4.58. The lowest BCUT2D eigenvalue weighted by Gasteiger charge is -2.09. The minimum absolute atomic E-state index is 0.0779. The van der Waals surface area contributed by atoms with Gasteiger partial charge in [-0.15, -0.1) is 0 Å². The molecule has 25 heavy (non-hydrogen) atoms. The Kier molecular flexibility index (Phi) is 5.91. The summed E-state index contributed by atoms with van der Waals surface area (Å²) < 4.78 is 0. The van der Waals surface area contributed by atoms with Gasteiger partial charge in [-0.1, -0.05) is 96.7 Å². The van der Waals surface area contributed by atoms with Crippen LogP contribution in [0.1, 0.15) is 24.1 Å². The number of benzene rings is 3. The molecule has 0 spiro atoms. The maximum atomic E-state index is 6.09. The molecule has 0 radical (unpaired) electrons. The molecule has 3 rings (SSSR count). The Labute approximate surface area is 153 Å². The summed E-state index contributed by atoms with van der Waals surface area (Å²) in [6, 6.07) is 29.3. The quantitative estimate of drug-likeness (QED) is 0.478. The topological polar surface area (TPSA) is 38.4 Å². The molecule has 0 fully saturated rings. The van der Waals surface area contributed by atoms with E-state index in [4.69, 9.17) is 5.73 Å². The number of nitrogens with two attached hydrogens (primary N) is 1. The number of hydrogen-bond acceptors (Lipinski definition) is 2. The van der Waals surface area contributed by atoms with Gasteiger partial charge in [0.1, 0.15) is 0 Å². The lowest BCUT2D eigenvalue weighted by Crippen LogP contribution is -2.08. The van der Waals surface area contributed by atoms with E-state index in [1.807, 2.05) is 24.3 Å². The minimum atomic E-state index is 0.0779. The first-order valence-corrected chi connectivity index (χ1v) is 9.36. The third kappa shape index (κ3) is 4.97. The predicted octanol–water partition coefficient (Wildman–Crippen LogP) is 5.66. The highest BCUT2D eigenvalue weighted by molar-refractivity contribution is 8.13. The summed E-state index contributed by atoms with van der Waals surface area (Å²) in [6.07, 6.45) is 0. The fraction of sp³-hybridized carbons (Fsp3) is 0.136. The first-order valence-electron chi connectivity index (χ1n) is 8.38. The number of nitrogens with zero attached hydrogens (tertiary/aromatic N) is 1. The van der Waals surface area contributed by atoms with Crippen molar-refractivity contribution in [2.24, 2.45) is 10.7 Å². The molecular formula is C22H22N2S. The van der Waals surface area contributed by atoms with Crippen molar-refractivity contribution in [3.63, 3.8) is 0 Å². The van der Waals surface area contributed by atoms with E-state index in [0.29, 0.717) is 5.17 Å². The van der Waals surface area contributed by atoms with Gasteiger partial charge in [0.05, 0.1) is 6.04 Å². The summed E-state index contributed by atoms with van der Waals surface area (Å²) in [6.45, 7) is 2.07. The van der Waals surface area contributed by atoms with E-state index in [2.05, 4.69) is 72.6 Å². The van der Waals surface area contributed by atoms with E-state index in [9.17, 15) is 0 Å². The molecule has 1 atom stereocenters. The van der Waals surface area contributed by atoms with E-state index >= 15 is 0 Å². The van der Waals surface area contributed by atoms with E-state index in [1.54, 1.807) is 11.8 Å². The molecule has 0 aliphatic carbocycles. The van der Waals surface area contributed by atoms with Gasteiger partial charge in [-0.25, -0.2) is 0 Å². The Morgan fingerprint density at radius 3 is 2.04 bits per heavy atom. The van der Waals surface area contributed by atoms with Gasteiger partial charge in [0.25, 0.3) is 0 Å². The molecule has 0 aromatic heterocycles. The van der Waals surface area contributed by atoms with Crippen LogP contribution in [0.15, 0.2) is 89.9 Å². The van der Waals surface area contributed by atoms with Gasteiger partial charge in [0.2, 0.25) is 0 Å². The van der Waals surface area contributed by atoms with Crippen LogP contribution in [0.25, 0.3) is 11.1 Å². The first-order chi connectivity index (χ1) is 12.2. The standard InChI is InChI=1S/C22H22N2S/c1-17(19-8-4-2-5-9-19)24-22(23)25-16-18-12-14-21(15-13-18)20-10-6-3-7-11-20/h2-15,17H,16H2,1H3,(H2,23,24)/t17-/m0/s1. The van der Waals surface area contributed by atoms with Crippen LogP contribution in [0.2, 0.25) is 0 Å². The SMILES string of the molecule is C[C@H](N=C(N)SCc1ccc(-c2ccccc2)cc1)c1ccccc1. The minimum Gasteiger partial charge on any atom is -0.379 e. The Balaban J connectivity index is 1.59. The van der Waals surface area contributed by atoms with E-state index in [0.717, 1.165) is 5.75 Å². The normalized spacial score (nSPS) is 12.8. The molecule has 3 heteroatoms. The highest BCUT2D eigenvalue weighted by Gasteiger charge is 2.04.